The molecule has 2 atom stereocenters. The largest absolute Gasteiger partial charge is 0.441 e. The number of carbonyl (C=O) groups excluding carboxylic acids is 2. The first-order valence-corrected chi connectivity index (χ1v) is 11.6. The summed E-state index contributed by atoms with van der Waals surface area (Å²) >= 11 is 0. The van der Waals surface area contributed by atoms with E-state index in [9.17, 15) is 9.59 Å². The van der Waals surface area contributed by atoms with Crippen molar-refractivity contribution in [1.82, 2.24) is 10.4 Å². The number of nitrogens with one attached hydrogen (secondary N) is 1. The van der Waals surface area contributed by atoms with Crippen LogP contribution in [0.15, 0.2) is 18.2 Å². The number of hydrogen-bond donors (Lipinski definition) is 1. The first kappa shape index (κ1) is 19.5. The topological polar surface area (TPSA) is 74.4 Å². The van der Waals surface area contributed by atoms with Gasteiger partial charge in [-0.3, -0.25) is 15.1 Å². The summed E-state index contributed by atoms with van der Waals surface area (Å²) in [7, 11) is 0. The number of amides is 2. The molecule has 6 rings (SSSR count). The molecule has 0 radical (unpaired) electrons. The predicted molar refractivity (Wildman–Crippen MR) is 115 cm³/mol. The first-order valence-electron chi connectivity index (χ1n) is 11.6. The number of benzene rings is 1. The fourth-order valence-corrected chi connectivity index (χ4v) is 4.90. The van der Waals surface area contributed by atoms with Gasteiger partial charge in [-0.25, -0.2) is 9.80 Å². The molecular formula is C23H30N4O4. The van der Waals surface area contributed by atoms with Gasteiger partial charge >= 0.3 is 6.09 Å². The van der Waals surface area contributed by atoms with E-state index in [1.807, 2.05) is 17.9 Å². The second-order valence-electron chi connectivity index (χ2n) is 9.68. The molecule has 1 N–H and O–H groups in total. The van der Waals surface area contributed by atoms with Crippen molar-refractivity contribution in [3.63, 3.8) is 0 Å². The SMILES string of the molecule is C[C@H]1CN(C(=O)OC2COC2)c2cc(C3CNN(C4CC4)C3)ccc2N1C(=O)C1CC1. The molecule has 1 aromatic carbocycles. The van der Waals surface area contributed by atoms with Crippen LogP contribution in [-0.4, -0.2) is 68.0 Å². The van der Waals surface area contributed by atoms with Crippen molar-refractivity contribution < 1.29 is 19.1 Å². The van der Waals surface area contributed by atoms with Crippen molar-refractivity contribution in [3.8, 4) is 0 Å². The smallest absolute Gasteiger partial charge is 0.414 e. The molecule has 2 saturated heterocycles. The van der Waals surface area contributed by atoms with Crippen LogP contribution in [0.5, 0.6) is 0 Å². The zero-order valence-corrected chi connectivity index (χ0v) is 18.0. The van der Waals surface area contributed by atoms with Crippen molar-refractivity contribution in [1.29, 1.82) is 0 Å². The number of anilines is 2. The highest BCUT2D eigenvalue weighted by atomic mass is 16.6. The van der Waals surface area contributed by atoms with E-state index in [4.69, 9.17) is 9.47 Å². The summed E-state index contributed by atoms with van der Waals surface area (Å²) < 4.78 is 10.8. The zero-order chi connectivity index (χ0) is 21.1. The highest BCUT2D eigenvalue weighted by Crippen LogP contribution is 2.42. The van der Waals surface area contributed by atoms with Crippen molar-refractivity contribution in [3.05, 3.63) is 23.8 Å². The van der Waals surface area contributed by atoms with Gasteiger partial charge in [0.25, 0.3) is 0 Å². The Hall–Kier alpha value is -2.16. The van der Waals surface area contributed by atoms with E-state index in [2.05, 4.69) is 22.6 Å². The molecule has 8 heteroatoms. The Morgan fingerprint density at radius 3 is 2.58 bits per heavy atom. The molecule has 0 spiro atoms. The van der Waals surface area contributed by atoms with Crippen LogP contribution in [0.3, 0.4) is 0 Å². The van der Waals surface area contributed by atoms with Crippen LogP contribution in [0.1, 0.15) is 44.1 Å². The van der Waals surface area contributed by atoms with Crippen LogP contribution in [0, 0.1) is 5.92 Å². The fraction of sp³-hybridized carbons (Fsp3) is 0.652. The Kier molecular flexibility index (Phi) is 4.70. The van der Waals surface area contributed by atoms with Gasteiger partial charge in [-0.1, -0.05) is 6.07 Å². The normalized spacial score (nSPS) is 28.9. The number of ether oxygens (including phenoxy) is 2. The molecule has 5 aliphatic rings. The average Bonchev–Trinajstić information content (AvgIpc) is 3.67. The third-order valence-corrected chi connectivity index (χ3v) is 7.11. The van der Waals surface area contributed by atoms with Crippen LogP contribution >= 0.6 is 0 Å². The highest BCUT2D eigenvalue weighted by molar-refractivity contribution is 6.04. The van der Waals surface area contributed by atoms with Gasteiger partial charge in [0.2, 0.25) is 5.91 Å². The summed E-state index contributed by atoms with van der Waals surface area (Å²) in [5, 5.41) is 2.36. The summed E-state index contributed by atoms with van der Waals surface area (Å²) in [5.74, 6) is 0.687. The molecule has 2 saturated carbocycles. The Bertz CT molecular complexity index is 896. The average molecular weight is 427 g/mol. The Morgan fingerprint density at radius 1 is 1.10 bits per heavy atom. The monoisotopic (exact) mass is 426 g/mol. The molecular weight excluding hydrogens is 396 g/mol. The van der Waals surface area contributed by atoms with Crippen molar-refractivity contribution in [2.24, 2.45) is 5.92 Å². The number of hydrogen-bond acceptors (Lipinski definition) is 6. The Balaban J connectivity index is 1.31. The van der Waals surface area contributed by atoms with Crippen LogP contribution in [0.2, 0.25) is 0 Å². The summed E-state index contributed by atoms with van der Waals surface area (Å²) in [6.07, 6.45) is 3.95. The van der Waals surface area contributed by atoms with Crippen LogP contribution in [0.25, 0.3) is 0 Å². The third-order valence-electron chi connectivity index (χ3n) is 7.11. The summed E-state index contributed by atoms with van der Waals surface area (Å²) in [5.41, 5.74) is 6.35. The molecule has 2 aliphatic carbocycles. The van der Waals surface area contributed by atoms with Gasteiger partial charge in [0.05, 0.1) is 30.6 Å². The first-order chi connectivity index (χ1) is 15.1. The molecule has 0 aromatic heterocycles. The van der Waals surface area contributed by atoms with Crippen molar-refractivity contribution in [2.45, 2.75) is 56.7 Å². The number of hydrazine groups is 1. The van der Waals surface area contributed by atoms with Gasteiger partial charge in [0.1, 0.15) is 0 Å². The van der Waals surface area contributed by atoms with E-state index < -0.39 is 0 Å². The maximum atomic E-state index is 13.1. The quantitative estimate of drug-likeness (QED) is 0.796. The lowest BCUT2D eigenvalue weighted by Gasteiger charge is -2.41. The molecule has 1 unspecified atom stereocenters. The molecule has 1 aromatic rings. The second-order valence-corrected chi connectivity index (χ2v) is 9.68. The summed E-state index contributed by atoms with van der Waals surface area (Å²) in [4.78, 5) is 29.7. The molecule has 3 heterocycles. The molecule has 2 amide bonds. The molecule has 0 bridgehead atoms. The molecule has 31 heavy (non-hydrogen) atoms. The molecule has 4 fully saturated rings. The van der Waals surface area contributed by atoms with Gasteiger partial charge in [-0.15, -0.1) is 0 Å². The van der Waals surface area contributed by atoms with E-state index in [0.717, 1.165) is 37.3 Å². The van der Waals surface area contributed by atoms with E-state index in [1.165, 1.54) is 18.4 Å². The predicted octanol–water partition coefficient (Wildman–Crippen LogP) is 2.24. The number of carbonyl (C=O) groups is 2. The minimum absolute atomic E-state index is 0.0878. The van der Waals surface area contributed by atoms with Gasteiger partial charge in [0.15, 0.2) is 6.10 Å². The zero-order valence-electron chi connectivity index (χ0n) is 18.0. The lowest BCUT2D eigenvalue weighted by molar-refractivity contribution is -0.120. The van der Waals surface area contributed by atoms with Gasteiger partial charge < -0.3 is 14.4 Å². The lowest BCUT2D eigenvalue weighted by Crippen LogP contribution is -2.53. The summed E-state index contributed by atoms with van der Waals surface area (Å²) in [6.45, 7) is 5.25. The van der Waals surface area contributed by atoms with Gasteiger partial charge in [0, 0.05) is 37.5 Å². The Morgan fingerprint density at radius 2 is 1.90 bits per heavy atom. The fourth-order valence-electron chi connectivity index (χ4n) is 4.90. The minimum Gasteiger partial charge on any atom is -0.441 e. The number of fused-ring (bicyclic) bond motifs is 1. The maximum Gasteiger partial charge on any atom is 0.414 e. The molecule has 3 aliphatic heterocycles. The van der Waals surface area contributed by atoms with Crippen LogP contribution < -0.4 is 15.2 Å². The summed E-state index contributed by atoms with van der Waals surface area (Å²) in [6, 6.07) is 6.86. The Labute approximate surface area is 182 Å². The van der Waals surface area contributed by atoms with E-state index in [1.54, 1.807) is 4.90 Å². The van der Waals surface area contributed by atoms with E-state index >= 15 is 0 Å². The number of rotatable bonds is 4. The maximum absolute atomic E-state index is 13.1. The van der Waals surface area contributed by atoms with E-state index in [0.29, 0.717) is 31.7 Å². The van der Waals surface area contributed by atoms with E-state index in [-0.39, 0.29) is 30.1 Å². The molecule has 166 valence electrons. The minimum atomic E-state index is -0.346. The van der Waals surface area contributed by atoms with Crippen LogP contribution in [-0.2, 0) is 14.3 Å². The van der Waals surface area contributed by atoms with Crippen LogP contribution in [0.4, 0.5) is 16.2 Å². The number of nitrogens with zero attached hydrogens (tertiary/aromatic N) is 3. The van der Waals surface area contributed by atoms with Crippen molar-refractivity contribution in [2.75, 3.05) is 42.6 Å². The van der Waals surface area contributed by atoms with Gasteiger partial charge in [-0.2, -0.15) is 0 Å². The highest BCUT2D eigenvalue weighted by Gasteiger charge is 2.42. The molecule has 8 nitrogen and oxygen atoms in total. The van der Waals surface area contributed by atoms with Crippen molar-refractivity contribution >= 4 is 23.4 Å². The standard InChI is InChI=1S/C23H30N4O4/c1-14-10-25(23(29)31-19-12-30-13-19)21-8-16(17-9-24-26(11-17)18-5-6-18)4-7-20(21)27(14)22(28)15-2-3-15/h4,7-8,14-15,17-19,24H,2-3,5-6,9-13H2,1H3/t14-,17?/m0/s1. The lowest BCUT2D eigenvalue weighted by atomic mass is 9.96. The van der Waals surface area contributed by atoms with Gasteiger partial charge in [-0.05, 0) is 50.3 Å². The third kappa shape index (κ3) is 3.60. The second kappa shape index (κ2) is 7.46.